The zero-order chi connectivity index (χ0) is 33.4. The average Bonchev–Trinajstić information content (AvgIpc) is 3.66. The third kappa shape index (κ3) is 16.9. The van der Waals surface area contributed by atoms with Crippen molar-refractivity contribution in [1.82, 2.24) is 31.6 Å². The van der Waals surface area contributed by atoms with E-state index < -0.39 is 41.8 Å². The molecule has 258 valence electrons. The molecule has 9 N–H and O–H groups in total. The number of nitrogens with one attached hydrogen (secondary N) is 5. The Morgan fingerprint density at radius 1 is 0.870 bits per heavy atom. The van der Waals surface area contributed by atoms with Crippen molar-refractivity contribution in [3.05, 3.63) is 10.4 Å². The summed E-state index contributed by atoms with van der Waals surface area (Å²) in [4.78, 5) is 69.8. The second-order valence-corrected chi connectivity index (χ2v) is 11.6. The van der Waals surface area contributed by atoms with E-state index in [1.165, 1.54) is 0 Å². The number of carbonyl (C=O) groups is 6. The van der Waals surface area contributed by atoms with Gasteiger partial charge in [-0.25, -0.2) is 0 Å². The number of hydrogen-bond donors (Lipinski definition) is 7. The molecule has 4 atom stereocenters. The van der Waals surface area contributed by atoms with Crippen LogP contribution in [-0.4, -0.2) is 95.8 Å². The maximum atomic E-state index is 12.4. The van der Waals surface area contributed by atoms with Crippen LogP contribution in [0, 0.1) is 22.3 Å². The van der Waals surface area contributed by atoms with E-state index in [1.54, 1.807) is 0 Å². The Labute approximate surface area is 292 Å². The number of primary amides is 2. The summed E-state index contributed by atoms with van der Waals surface area (Å²) in [6.07, 6.45) is 3.52. The molecule has 0 unspecified atom stereocenters. The second kappa shape index (κ2) is 23.2. The molecule has 2 aliphatic rings. The van der Waals surface area contributed by atoms with Gasteiger partial charge in [-0.3, -0.25) is 28.8 Å². The predicted molar refractivity (Wildman–Crippen MR) is 164 cm³/mol. The van der Waals surface area contributed by atoms with E-state index in [2.05, 4.69) is 31.9 Å². The van der Waals surface area contributed by atoms with Gasteiger partial charge < -0.3 is 48.5 Å². The van der Waals surface area contributed by atoms with Crippen LogP contribution in [0.3, 0.4) is 0 Å². The molecule has 0 aromatic heterocycles. The standard InChI is InChI=1S/C13H24N6O5.C13H24N4O3.CH4.Na/c1-8(2)6-9(12(21)15-7-11(14)20)16-13(22)10-4-3-5-18(10)19(24)17-23;1-8(2)6-10(12(19)16-7-11(14)18)17-13(20)9-4-3-5-15-9;;/h8-10,23H,3-7H2,1-2H3,(H2,14,20)(H,15,21)(H,16,22);8-10,15H,3-7H2,1-2H3,(H2,14,18)(H,16,19)(H,17,20);1H4;/q;;;+1/p-1/b19-17-;;;/t2*9-,10-;;/m00../s1. The quantitative estimate of drug-likeness (QED) is 0.0380. The number of nitrogens with two attached hydrogens (primary N) is 2. The van der Waals surface area contributed by atoms with Gasteiger partial charge >= 0.3 is 29.6 Å². The Kier molecular flexibility index (Phi) is 22.6. The normalized spacial score (nSPS) is 18.6. The molecule has 46 heavy (non-hydrogen) atoms. The number of carbonyl (C=O) groups excluding carboxylic acids is 6. The Hall–Kier alpha value is -3.22. The molecule has 19 heteroatoms. The van der Waals surface area contributed by atoms with Crippen LogP contribution in [0.25, 0.3) is 0 Å². The molecule has 6 amide bonds. The van der Waals surface area contributed by atoms with Gasteiger partial charge in [-0.15, -0.1) is 5.01 Å². The fraction of sp³-hybridized carbons (Fsp3) is 0.778. The molecule has 0 aliphatic carbocycles. The van der Waals surface area contributed by atoms with Gasteiger partial charge in [0.05, 0.1) is 25.7 Å². The van der Waals surface area contributed by atoms with Crippen LogP contribution in [0.2, 0.25) is 0 Å². The molecule has 0 saturated carbocycles. The average molecular weight is 667 g/mol. The minimum absolute atomic E-state index is 0. The minimum Gasteiger partial charge on any atom is -0.737 e. The van der Waals surface area contributed by atoms with E-state index in [0.29, 0.717) is 25.7 Å². The number of hydrazine groups is 1. The molecule has 2 aliphatic heterocycles. The van der Waals surface area contributed by atoms with Crippen molar-refractivity contribution >= 4 is 35.4 Å². The summed E-state index contributed by atoms with van der Waals surface area (Å²) < 4.78 is 0. The van der Waals surface area contributed by atoms with Crippen molar-refractivity contribution in [3.8, 4) is 0 Å². The molecule has 0 aromatic carbocycles. The van der Waals surface area contributed by atoms with E-state index in [-0.39, 0.29) is 91.3 Å². The first kappa shape index (κ1) is 44.9. The Balaban J connectivity index is 0. The molecule has 0 aromatic rings. The van der Waals surface area contributed by atoms with Crippen LogP contribution in [0.15, 0.2) is 5.28 Å². The van der Waals surface area contributed by atoms with E-state index in [4.69, 9.17) is 11.5 Å². The fourth-order valence-corrected chi connectivity index (χ4v) is 4.72. The number of nitrogens with zero attached hydrogens (tertiary/aromatic N) is 3. The van der Waals surface area contributed by atoms with Crippen LogP contribution in [-0.2, 0) is 28.8 Å². The topological polar surface area (TPSA) is 279 Å². The van der Waals surface area contributed by atoms with E-state index >= 15 is 0 Å². The molecular formula is C27H51N10NaO8. The van der Waals surface area contributed by atoms with Crippen molar-refractivity contribution in [2.45, 2.75) is 97.8 Å². The number of amides is 6. The maximum absolute atomic E-state index is 12.4. The summed E-state index contributed by atoms with van der Waals surface area (Å²) >= 11 is 0. The molecular weight excluding hydrogens is 615 g/mol. The summed E-state index contributed by atoms with van der Waals surface area (Å²) in [7, 11) is 0. The molecule has 2 fully saturated rings. The molecule has 0 spiro atoms. The van der Waals surface area contributed by atoms with Crippen LogP contribution < -0.4 is 67.6 Å². The molecule has 2 heterocycles. The monoisotopic (exact) mass is 666 g/mol. The first-order valence-electron chi connectivity index (χ1n) is 14.7. The smallest absolute Gasteiger partial charge is 0.737 e. The van der Waals surface area contributed by atoms with Gasteiger partial charge in [0, 0.05) is 4.97 Å². The van der Waals surface area contributed by atoms with Crippen molar-refractivity contribution in [2.75, 3.05) is 26.2 Å². The van der Waals surface area contributed by atoms with Crippen LogP contribution in [0.5, 0.6) is 0 Å². The number of rotatable bonds is 15. The van der Waals surface area contributed by atoms with Gasteiger partial charge in [-0.05, 0) is 62.2 Å². The van der Waals surface area contributed by atoms with Gasteiger partial charge in [0.1, 0.15) is 12.1 Å². The summed E-state index contributed by atoms with van der Waals surface area (Å²) in [5.41, 5.74) is 9.97. The van der Waals surface area contributed by atoms with Crippen molar-refractivity contribution in [3.63, 3.8) is 0 Å². The molecule has 2 saturated heterocycles. The predicted octanol–water partition coefficient (Wildman–Crippen LogP) is -4.53. The zero-order valence-corrected chi connectivity index (χ0v) is 28.8. The molecule has 2 rings (SSSR count). The molecule has 18 nitrogen and oxygen atoms in total. The van der Waals surface area contributed by atoms with Crippen molar-refractivity contribution in [2.24, 2.45) is 28.6 Å². The van der Waals surface area contributed by atoms with E-state index in [9.17, 15) is 39.2 Å². The largest absolute Gasteiger partial charge is 1.00 e. The van der Waals surface area contributed by atoms with E-state index in [0.717, 1.165) is 24.4 Å². The van der Waals surface area contributed by atoms with Gasteiger partial charge in [-0.1, -0.05) is 35.1 Å². The van der Waals surface area contributed by atoms with Gasteiger partial charge in [0.25, 0.3) is 0 Å². The Morgan fingerprint density at radius 2 is 1.35 bits per heavy atom. The summed E-state index contributed by atoms with van der Waals surface area (Å²) in [5, 5.41) is 38.2. The van der Waals surface area contributed by atoms with Crippen LogP contribution >= 0.6 is 0 Å². The van der Waals surface area contributed by atoms with Crippen LogP contribution in [0.4, 0.5) is 0 Å². The minimum atomic E-state index is -0.872. The summed E-state index contributed by atoms with van der Waals surface area (Å²) in [5.74, 6) is -2.57. The first-order valence-corrected chi connectivity index (χ1v) is 14.7. The summed E-state index contributed by atoms with van der Waals surface area (Å²) in [6.45, 7) is 8.18. The second-order valence-electron chi connectivity index (χ2n) is 11.6. The third-order valence-electron chi connectivity index (χ3n) is 6.75. The summed E-state index contributed by atoms with van der Waals surface area (Å²) in [6, 6.07) is -2.60. The van der Waals surface area contributed by atoms with Crippen molar-refractivity contribution < 1.29 is 63.3 Å². The number of hydrogen-bond acceptors (Lipinski definition) is 10. The van der Waals surface area contributed by atoms with Gasteiger partial charge in [0.2, 0.25) is 35.4 Å². The third-order valence-corrected chi connectivity index (χ3v) is 6.75. The Morgan fingerprint density at radius 3 is 1.74 bits per heavy atom. The van der Waals surface area contributed by atoms with E-state index in [1.807, 2.05) is 27.7 Å². The fourth-order valence-electron chi connectivity index (χ4n) is 4.72. The van der Waals surface area contributed by atoms with Gasteiger partial charge in [0.15, 0.2) is 6.04 Å². The maximum Gasteiger partial charge on any atom is 1.00 e. The molecule has 0 bridgehead atoms. The zero-order valence-electron chi connectivity index (χ0n) is 26.8. The van der Waals surface area contributed by atoms with Crippen molar-refractivity contribution in [1.29, 1.82) is 0 Å². The Bertz CT molecular complexity index is 1040. The SMILES string of the molecule is C.CC(C)C[C@H](NC(=O)[C@@H]1CCCN1)C(=O)NCC(N)=O.CC(C)C[C@H](NC(=O)[C@@H]1CCCN1/[N+]([O-])=N/[O-])C(=O)NCC(N)=O.[Na+]. The van der Waals surface area contributed by atoms with Crippen LogP contribution in [0.1, 0.15) is 73.6 Å². The molecule has 0 radical (unpaired) electrons. The van der Waals surface area contributed by atoms with Gasteiger partial charge in [-0.2, -0.15) is 0 Å². The first-order chi connectivity index (χ1) is 20.7.